The Kier molecular flexibility index (Phi) is 23.2. The van der Waals surface area contributed by atoms with Crippen molar-refractivity contribution in [3.8, 4) is 0 Å². The second-order valence-electron chi connectivity index (χ2n) is 22.9. The zero-order chi connectivity index (χ0) is 58.3. The van der Waals surface area contributed by atoms with Gasteiger partial charge in [0.25, 0.3) is 0 Å². The molecule has 7 N–H and O–H groups in total. The minimum atomic E-state index is -1.23. The predicted octanol–water partition coefficient (Wildman–Crippen LogP) is 7.43. The quantitative estimate of drug-likeness (QED) is 0.0222. The van der Waals surface area contributed by atoms with E-state index in [2.05, 4.69) is 26.6 Å². The lowest BCUT2D eigenvalue weighted by molar-refractivity contribution is -0.142. The van der Waals surface area contributed by atoms with Gasteiger partial charge in [0.15, 0.2) is 0 Å². The molecule has 0 fully saturated rings. The maximum atomic E-state index is 15.1. The molecule has 0 saturated heterocycles. The number of amides is 8. The lowest BCUT2D eigenvalue weighted by atomic mass is 9.76. The molecule has 5 atom stereocenters. The van der Waals surface area contributed by atoms with Crippen LogP contribution in [0.2, 0.25) is 0 Å². The first-order valence-electron chi connectivity index (χ1n) is 26.3. The van der Waals surface area contributed by atoms with Crippen LogP contribution in [-0.4, -0.2) is 125 Å². The Bertz CT molecular complexity index is 2570. The van der Waals surface area contributed by atoms with E-state index < -0.39 is 94.5 Å². The van der Waals surface area contributed by atoms with Crippen LogP contribution in [0.25, 0.3) is 10.9 Å². The predicted molar refractivity (Wildman–Crippen MR) is 297 cm³/mol. The Balaban J connectivity index is 1.92. The van der Waals surface area contributed by atoms with Gasteiger partial charge in [-0.05, 0) is 100 Å². The van der Waals surface area contributed by atoms with E-state index in [4.69, 9.17) is 19.9 Å². The monoisotopic (exact) mass is 1070 g/mol. The summed E-state index contributed by atoms with van der Waals surface area (Å²) in [5.41, 5.74) is 5.45. The minimum absolute atomic E-state index is 0.119. The van der Waals surface area contributed by atoms with E-state index in [9.17, 15) is 33.6 Å². The summed E-state index contributed by atoms with van der Waals surface area (Å²) in [5, 5.41) is 14.7. The lowest BCUT2D eigenvalue weighted by Crippen LogP contribution is -2.63. The second-order valence-corrected chi connectivity index (χ2v) is 22.9. The van der Waals surface area contributed by atoms with E-state index in [1.54, 1.807) is 85.9 Å². The summed E-state index contributed by atoms with van der Waals surface area (Å²) in [6, 6.07) is 8.68. The van der Waals surface area contributed by atoms with E-state index in [1.165, 1.54) is 16.8 Å². The lowest BCUT2D eigenvalue weighted by Gasteiger charge is -2.42. The van der Waals surface area contributed by atoms with Crippen molar-refractivity contribution >= 4 is 64.4 Å². The Hall–Kier alpha value is -7.12. The van der Waals surface area contributed by atoms with Crippen LogP contribution in [0.5, 0.6) is 0 Å². The van der Waals surface area contributed by atoms with Crippen molar-refractivity contribution in [2.45, 2.75) is 164 Å². The number of anilines is 1. The molecule has 3 aromatic rings. The summed E-state index contributed by atoms with van der Waals surface area (Å²) in [7, 11) is 5.03. The zero-order valence-electron chi connectivity index (χ0n) is 48.5. The number of primary amides is 1. The molecule has 77 heavy (non-hydrogen) atoms. The topological polar surface area (TPSA) is 262 Å². The Morgan fingerprint density at radius 3 is 1.95 bits per heavy atom. The van der Waals surface area contributed by atoms with Gasteiger partial charge in [-0.3, -0.25) is 24.1 Å². The van der Waals surface area contributed by atoms with Crippen molar-refractivity contribution < 1.29 is 52.6 Å². The standard InChI is InChI=1S/C57H87N9O11/c1-18-75-51(71)36(6)31-43(34(2)3)65(16)50(70)45(55(7,8)9)63-49(69)46(57(13,14)40-32-64(15)42-25-20-19-23-39(40)42)66(17)54(74)76-33-37-26-28-38(29-27-37)60-47(67)41(24-21-22-30-59-52(58)72)61-48(68)44(35(4)5)62-53(73)77-56(10,11)12/h19-20,23,25-29,31-32,34-35,41,43-46H,18,21-22,24,30,33H2,1-17H3,(H,60,67)(H,61,68)(H,62,73)(H,63,69)(H3,58,59,72)/b36-31+/t41-,43+,44?,45+,46+/m0/s1. The number of fused-ring (bicyclic) bond motifs is 1. The number of nitrogens with zero attached hydrogens (tertiary/aromatic N) is 3. The first-order valence-corrected chi connectivity index (χ1v) is 26.3. The number of para-hydroxylation sites is 1. The van der Waals surface area contributed by atoms with Gasteiger partial charge in [-0.1, -0.05) is 98.7 Å². The minimum Gasteiger partial charge on any atom is -0.463 e. The number of ether oxygens (including phenoxy) is 3. The molecule has 0 aliphatic carbocycles. The molecule has 426 valence electrons. The fourth-order valence-corrected chi connectivity index (χ4v) is 8.98. The number of urea groups is 1. The summed E-state index contributed by atoms with van der Waals surface area (Å²) in [6.07, 6.45) is 3.11. The molecule has 20 heteroatoms. The fourth-order valence-electron chi connectivity index (χ4n) is 8.98. The number of alkyl carbamates (subject to hydrolysis) is 1. The first-order chi connectivity index (χ1) is 35.7. The van der Waals surface area contributed by atoms with E-state index in [1.807, 2.05) is 90.5 Å². The van der Waals surface area contributed by atoms with Crippen molar-refractivity contribution in [3.05, 3.63) is 77.5 Å². The van der Waals surface area contributed by atoms with Crippen LogP contribution in [0.15, 0.2) is 66.4 Å². The molecule has 0 bridgehead atoms. The fraction of sp³-hybridized carbons (Fsp3) is 0.579. The van der Waals surface area contributed by atoms with E-state index in [-0.39, 0.29) is 38.0 Å². The molecule has 0 spiro atoms. The van der Waals surface area contributed by atoms with Crippen LogP contribution in [0.1, 0.15) is 127 Å². The normalized spacial score (nSPS) is 14.1. The molecule has 1 heterocycles. The zero-order valence-corrected chi connectivity index (χ0v) is 48.5. The Morgan fingerprint density at radius 1 is 0.766 bits per heavy atom. The van der Waals surface area contributed by atoms with Crippen LogP contribution in [0, 0.1) is 17.3 Å². The van der Waals surface area contributed by atoms with Gasteiger partial charge < -0.3 is 56.0 Å². The third kappa shape index (κ3) is 18.5. The average Bonchev–Trinajstić information content (AvgIpc) is 3.68. The number of carbonyl (C=O) groups excluding carboxylic acids is 8. The van der Waals surface area contributed by atoms with Crippen LogP contribution >= 0.6 is 0 Å². The van der Waals surface area contributed by atoms with Gasteiger partial charge in [0.05, 0.1) is 12.6 Å². The van der Waals surface area contributed by atoms with Crippen molar-refractivity contribution in [2.24, 2.45) is 30.0 Å². The number of hydrogen-bond donors (Lipinski definition) is 6. The van der Waals surface area contributed by atoms with Crippen LogP contribution in [0.4, 0.5) is 20.1 Å². The third-order valence-corrected chi connectivity index (χ3v) is 13.2. The number of esters is 1. The highest BCUT2D eigenvalue weighted by Gasteiger charge is 2.46. The average molecular weight is 1070 g/mol. The maximum Gasteiger partial charge on any atom is 0.410 e. The SMILES string of the molecule is CCOC(=O)/C(C)=C/[C@H](C(C)C)N(C)C(=O)[C@@H](NC(=O)[C@@H](N(C)C(=O)OCc1ccc(NC(=O)[C@H](CCCCNC(N)=O)NC(=O)C(NC(=O)OC(C)(C)C)C(C)C)cc1)C(C)(C)c1cn(C)c2ccccc12)C(C)(C)C. The summed E-state index contributed by atoms with van der Waals surface area (Å²) in [6.45, 7) is 25.3. The van der Waals surface area contributed by atoms with Crippen LogP contribution in [-0.2, 0) is 57.3 Å². The summed E-state index contributed by atoms with van der Waals surface area (Å²) in [4.78, 5) is 111. The van der Waals surface area contributed by atoms with E-state index >= 15 is 4.79 Å². The summed E-state index contributed by atoms with van der Waals surface area (Å²) in [5.74, 6) is -3.10. The van der Waals surface area contributed by atoms with Gasteiger partial charge in [0.2, 0.25) is 23.6 Å². The number of hydrogen-bond acceptors (Lipinski definition) is 11. The molecule has 3 rings (SSSR count). The van der Waals surface area contributed by atoms with Gasteiger partial charge in [-0.2, -0.15) is 0 Å². The third-order valence-electron chi connectivity index (χ3n) is 13.2. The molecule has 1 aromatic heterocycles. The molecular weight excluding hydrogens is 987 g/mol. The number of carbonyl (C=O) groups is 8. The number of likely N-dealkylation sites (N-methyl/N-ethyl adjacent to an activating group) is 2. The number of nitrogens with one attached hydrogen (secondary N) is 5. The van der Waals surface area contributed by atoms with Crippen molar-refractivity contribution in [1.82, 2.24) is 35.6 Å². The highest BCUT2D eigenvalue weighted by Crippen LogP contribution is 2.37. The van der Waals surface area contributed by atoms with Crippen molar-refractivity contribution in [1.29, 1.82) is 0 Å². The number of unbranched alkanes of at least 4 members (excludes halogenated alkanes) is 1. The van der Waals surface area contributed by atoms with E-state index in [0.29, 0.717) is 29.7 Å². The number of benzene rings is 2. The maximum absolute atomic E-state index is 15.1. The van der Waals surface area contributed by atoms with Gasteiger partial charge in [-0.15, -0.1) is 0 Å². The highest BCUT2D eigenvalue weighted by molar-refractivity contribution is 5.98. The number of aryl methyl sites for hydroxylation is 1. The van der Waals surface area contributed by atoms with Gasteiger partial charge in [-0.25, -0.2) is 19.2 Å². The molecule has 20 nitrogen and oxygen atoms in total. The number of nitrogens with two attached hydrogens (primary N) is 1. The smallest absolute Gasteiger partial charge is 0.410 e. The molecule has 0 radical (unpaired) electrons. The van der Waals surface area contributed by atoms with Gasteiger partial charge >= 0.3 is 24.2 Å². The summed E-state index contributed by atoms with van der Waals surface area (Å²) < 4.78 is 18.4. The van der Waals surface area contributed by atoms with E-state index in [0.717, 1.165) is 16.5 Å². The number of rotatable bonds is 24. The largest absolute Gasteiger partial charge is 0.463 e. The van der Waals surface area contributed by atoms with Crippen LogP contribution in [0.3, 0.4) is 0 Å². The molecule has 0 saturated carbocycles. The second kappa shape index (κ2) is 27.8. The highest BCUT2D eigenvalue weighted by atomic mass is 16.6. The Morgan fingerprint density at radius 2 is 1.39 bits per heavy atom. The Labute approximate surface area is 455 Å². The number of aromatic nitrogens is 1. The van der Waals surface area contributed by atoms with Crippen LogP contribution < -0.4 is 32.3 Å². The van der Waals surface area contributed by atoms with Gasteiger partial charge in [0.1, 0.15) is 36.4 Å². The molecule has 0 aliphatic rings. The molecule has 8 amide bonds. The van der Waals surface area contributed by atoms with Crippen molar-refractivity contribution in [2.75, 3.05) is 32.6 Å². The summed E-state index contributed by atoms with van der Waals surface area (Å²) >= 11 is 0. The molecule has 2 aromatic carbocycles. The molecular formula is C57H87N9O11. The molecule has 0 aliphatic heterocycles. The molecule has 1 unspecified atom stereocenters. The van der Waals surface area contributed by atoms with Gasteiger partial charge in [0, 0.05) is 61.5 Å². The first kappa shape index (κ1) is 64.2. The van der Waals surface area contributed by atoms with Crippen molar-refractivity contribution in [3.63, 3.8) is 0 Å².